The number of halogens is 1. The second kappa shape index (κ2) is 9.82. The van der Waals surface area contributed by atoms with E-state index in [1.807, 2.05) is 0 Å². The summed E-state index contributed by atoms with van der Waals surface area (Å²) in [5.74, 6) is 0. The predicted molar refractivity (Wildman–Crippen MR) is 130 cm³/mol. The average Bonchev–Trinajstić information content (AvgIpc) is 2.77. The zero-order valence-electron chi connectivity index (χ0n) is 15.8. The Labute approximate surface area is 179 Å². The molecule has 0 unspecified atom stereocenters. The van der Waals surface area contributed by atoms with Crippen LogP contribution in [0.15, 0.2) is 121 Å². The number of hydrogen-bond acceptors (Lipinski definition) is 0. The first kappa shape index (κ1) is 20.5. The molecule has 0 amide bonds. The third-order valence-corrected chi connectivity index (χ3v) is 9.60. The molecule has 0 N–H and O–H groups in total. The monoisotopic (exact) mass is 447 g/mol. The first-order valence-electron chi connectivity index (χ1n) is 9.48. The van der Waals surface area contributed by atoms with Gasteiger partial charge in [0.25, 0.3) is 0 Å². The van der Waals surface area contributed by atoms with E-state index in [2.05, 4.69) is 121 Å². The SMILES string of the molecule is Br.c1ccc(CC[P+](c2ccccc2)(c2ccccc2)c2ccccc2)cc1. The van der Waals surface area contributed by atoms with Crippen molar-refractivity contribution in [3.05, 3.63) is 127 Å². The van der Waals surface area contributed by atoms with E-state index in [1.165, 1.54) is 21.5 Å². The van der Waals surface area contributed by atoms with Gasteiger partial charge in [-0.2, -0.15) is 0 Å². The highest BCUT2D eigenvalue weighted by Crippen LogP contribution is 2.55. The summed E-state index contributed by atoms with van der Waals surface area (Å²) in [7, 11) is -1.72. The minimum Gasteiger partial charge on any atom is -0.114 e. The van der Waals surface area contributed by atoms with E-state index in [0.717, 1.165) is 12.6 Å². The van der Waals surface area contributed by atoms with E-state index in [0.29, 0.717) is 0 Å². The quantitative estimate of drug-likeness (QED) is 0.327. The van der Waals surface area contributed by atoms with Crippen LogP contribution >= 0.6 is 24.2 Å². The molecule has 0 saturated heterocycles. The van der Waals surface area contributed by atoms with Gasteiger partial charge in [0, 0.05) is 6.42 Å². The van der Waals surface area contributed by atoms with Crippen LogP contribution in [0.25, 0.3) is 0 Å². The summed E-state index contributed by atoms with van der Waals surface area (Å²) in [6.45, 7) is 0. The van der Waals surface area contributed by atoms with Gasteiger partial charge in [-0.1, -0.05) is 84.9 Å². The van der Waals surface area contributed by atoms with Crippen molar-refractivity contribution in [1.82, 2.24) is 0 Å². The molecule has 0 aromatic heterocycles. The highest BCUT2D eigenvalue weighted by atomic mass is 79.9. The average molecular weight is 448 g/mol. The summed E-state index contributed by atoms with van der Waals surface area (Å²) in [5, 5.41) is 4.37. The van der Waals surface area contributed by atoms with Crippen LogP contribution in [0, 0.1) is 0 Å². The van der Waals surface area contributed by atoms with Crippen LogP contribution in [-0.4, -0.2) is 6.16 Å². The van der Waals surface area contributed by atoms with Crippen molar-refractivity contribution in [2.75, 3.05) is 6.16 Å². The van der Waals surface area contributed by atoms with Crippen molar-refractivity contribution in [1.29, 1.82) is 0 Å². The molecule has 0 aliphatic carbocycles. The zero-order chi connectivity index (χ0) is 18.4. The number of aryl methyl sites for hydroxylation is 1. The number of benzene rings is 4. The Morgan fingerprint density at radius 1 is 0.429 bits per heavy atom. The summed E-state index contributed by atoms with van der Waals surface area (Å²) < 4.78 is 0. The lowest BCUT2D eigenvalue weighted by Crippen LogP contribution is -2.34. The maximum atomic E-state index is 2.32. The molecule has 4 aromatic rings. The fourth-order valence-electron chi connectivity index (χ4n) is 3.82. The molecule has 0 nitrogen and oxygen atoms in total. The molecule has 0 fully saturated rings. The van der Waals surface area contributed by atoms with Crippen molar-refractivity contribution >= 4 is 40.2 Å². The van der Waals surface area contributed by atoms with Crippen LogP contribution in [-0.2, 0) is 6.42 Å². The van der Waals surface area contributed by atoms with Gasteiger partial charge in [0.15, 0.2) is 0 Å². The molecule has 0 atom stereocenters. The molecule has 140 valence electrons. The topological polar surface area (TPSA) is 0 Å². The van der Waals surface area contributed by atoms with Crippen LogP contribution in [0.2, 0.25) is 0 Å². The summed E-state index contributed by atoms with van der Waals surface area (Å²) in [5.41, 5.74) is 1.41. The van der Waals surface area contributed by atoms with E-state index in [1.54, 1.807) is 0 Å². The molecule has 28 heavy (non-hydrogen) atoms. The Balaban J connectivity index is 0.00000225. The molecule has 4 rings (SSSR count). The van der Waals surface area contributed by atoms with E-state index in [4.69, 9.17) is 0 Å². The van der Waals surface area contributed by atoms with E-state index < -0.39 is 7.26 Å². The first-order valence-corrected chi connectivity index (χ1v) is 11.5. The van der Waals surface area contributed by atoms with Crippen molar-refractivity contribution in [2.24, 2.45) is 0 Å². The lowest BCUT2D eigenvalue weighted by molar-refractivity contribution is 1.15. The van der Waals surface area contributed by atoms with Crippen LogP contribution in [0.3, 0.4) is 0 Å². The third-order valence-electron chi connectivity index (χ3n) is 5.17. The largest absolute Gasteiger partial charge is 0.114 e. The Morgan fingerprint density at radius 3 is 1.11 bits per heavy atom. The van der Waals surface area contributed by atoms with Crippen LogP contribution in [0.1, 0.15) is 5.56 Å². The van der Waals surface area contributed by atoms with Crippen LogP contribution < -0.4 is 15.9 Å². The number of hydrogen-bond donors (Lipinski definition) is 0. The Kier molecular flexibility index (Phi) is 7.20. The lowest BCUT2D eigenvalue weighted by Gasteiger charge is -2.27. The molecular formula is C26H25BrP+. The molecule has 0 heterocycles. The maximum Gasteiger partial charge on any atom is 0.112 e. The summed E-state index contributed by atoms with van der Waals surface area (Å²) in [6, 6.07) is 44.2. The fourth-order valence-corrected chi connectivity index (χ4v) is 8.13. The number of rotatable bonds is 6. The standard InChI is InChI=1S/C26H24P.BrH/c1-5-13-23(14-6-1)21-22-27(24-15-7-2-8-16-24,25-17-9-3-10-18-25)26-19-11-4-12-20-26;/h1-20H,21-22H2;1H/q+1;. The lowest BCUT2D eigenvalue weighted by atomic mass is 10.2. The van der Waals surface area contributed by atoms with Gasteiger partial charge in [0.05, 0.1) is 6.16 Å². The van der Waals surface area contributed by atoms with Gasteiger partial charge < -0.3 is 0 Å². The minimum atomic E-state index is -1.72. The third kappa shape index (κ3) is 4.27. The van der Waals surface area contributed by atoms with E-state index in [9.17, 15) is 0 Å². The fraction of sp³-hybridized carbons (Fsp3) is 0.0769. The summed E-state index contributed by atoms with van der Waals surface area (Å²) in [4.78, 5) is 0. The molecule has 0 aliphatic rings. The van der Waals surface area contributed by atoms with E-state index >= 15 is 0 Å². The Morgan fingerprint density at radius 2 is 0.750 bits per heavy atom. The van der Waals surface area contributed by atoms with Crippen molar-refractivity contribution < 1.29 is 0 Å². The first-order chi connectivity index (χ1) is 13.4. The molecule has 0 spiro atoms. The van der Waals surface area contributed by atoms with Gasteiger partial charge >= 0.3 is 0 Å². The van der Waals surface area contributed by atoms with Gasteiger partial charge in [-0.3, -0.25) is 0 Å². The summed E-state index contributed by atoms with van der Waals surface area (Å²) >= 11 is 0. The molecule has 0 saturated carbocycles. The molecule has 0 aliphatic heterocycles. The molecule has 4 aromatic carbocycles. The van der Waals surface area contributed by atoms with Crippen molar-refractivity contribution in [3.63, 3.8) is 0 Å². The minimum absolute atomic E-state index is 0. The maximum absolute atomic E-state index is 2.32. The summed E-state index contributed by atoms with van der Waals surface area (Å²) in [6.07, 6.45) is 2.21. The molecular weight excluding hydrogens is 423 g/mol. The van der Waals surface area contributed by atoms with Gasteiger partial charge in [-0.15, -0.1) is 17.0 Å². The van der Waals surface area contributed by atoms with Crippen LogP contribution in [0.4, 0.5) is 0 Å². The van der Waals surface area contributed by atoms with Crippen LogP contribution in [0.5, 0.6) is 0 Å². The highest BCUT2D eigenvalue weighted by Gasteiger charge is 2.44. The van der Waals surface area contributed by atoms with Gasteiger partial charge in [0.1, 0.15) is 23.2 Å². The molecule has 0 bridgehead atoms. The Bertz CT molecular complexity index is 858. The van der Waals surface area contributed by atoms with Crippen molar-refractivity contribution in [3.8, 4) is 0 Å². The predicted octanol–water partition coefficient (Wildman–Crippen LogP) is 5.80. The van der Waals surface area contributed by atoms with Gasteiger partial charge in [-0.05, 0) is 42.0 Å². The van der Waals surface area contributed by atoms with Gasteiger partial charge in [0.2, 0.25) is 0 Å². The van der Waals surface area contributed by atoms with Crippen molar-refractivity contribution in [2.45, 2.75) is 6.42 Å². The molecule has 0 radical (unpaired) electrons. The molecule has 2 heteroatoms. The smallest absolute Gasteiger partial charge is 0.112 e. The second-order valence-corrected chi connectivity index (χ2v) is 10.4. The zero-order valence-corrected chi connectivity index (χ0v) is 18.4. The highest BCUT2D eigenvalue weighted by molar-refractivity contribution is 8.93. The second-order valence-electron chi connectivity index (χ2n) is 6.78. The van der Waals surface area contributed by atoms with Gasteiger partial charge in [-0.25, -0.2) is 0 Å². The Hall–Kier alpha value is -2.21. The van der Waals surface area contributed by atoms with E-state index in [-0.39, 0.29) is 17.0 Å². The normalized spacial score (nSPS) is 10.9.